The first-order chi connectivity index (χ1) is 15.9. The number of hydrogen-bond acceptors (Lipinski definition) is 8. The molecule has 0 radical (unpaired) electrons. The molecule has 1 fully saturated rings. The van der Waals surface area contributed by atoms with Gasteiger partial charge >= 0.3 is 0 Å². The van der Waals surface area contributed by atoms with Crippen molar-refractivity contribution in [3.05, 3.63) is 34.3 Å². The highest BCUT2D eigenvalue weighted by molar-refractivity contribution is 7.09. The summed E-state index contributed by atoms with van der Waals surface area (Å²) in [5, 5.41) is 3.09. The lowest BCUT2D eigenvalue weighted by Gasteiger charge is -2.31. The van der Waals surface area contributed by atoms with Gasteiger partial charge in [-0.05, 0) is 48.5 Å². The van der Waals surface area contributed by atoms with Crippen LogP contribution < -0.4 is 26.3 Å². The van der Waals surface area contributed by atoms with Gasteiger partial charge in [0, 0.05) is 12.6 Å². The lowest BCUT2D eigenvalue weighted by molar-refractivity contribution is -0.126. The highest BCUT2D eigenvalue weighted by Gasteiger charge is 2.34. The number of ether oxygens (including phenoxy) is 2. The second-order valence-electron chi connectivity index (χ2n) is 8.17. The number of nitrogen functional groups attached to an aromatic ring is 1. The summed E-state index contributed by atoms with van der Waals surface area (Å²) >= 11 is 0.801. The molecule has 11 heteroatoms. The summed E-state index contributed by atoms with van der Waals surface area (Å²) < 4.78 is 14.8. The first kappa shape index (κ1) is 22.8. The van der Waals surface area contributed by atoms with Crippen LogP contribution in [0.2, 0.25) is 0 Å². The van der Waals surface area contributed by atoms with Gasteiger partial charge in [0.2, 0.25) is 12.7 Å². The molecule has 1 atom stereocenters. The fraction of sp³-hybridized carbons (Fsp3) is 0.455. The van der Waals surface area contributed by atoms with Crippen molar-refractivity contribution in [3.8, 4) is 11.5 Å². The molecule has 0 saturated heterocycles. The smallest absolute Gasteiger partial charge is 0.270 e. The zero-order chi connectivity index (χ0) is 23.5. The van der Waals surface area contributed by atoms with E-state index in [2.05, 4.69) is 9.69 Å². The van der Waals surface area contributed by atoms with Gasteiger partial charge in [0.15, 0.2) is 17.2 Å². The normalized spacial score (nSPS) is 15.9. The molecule has 5 N–H and O–H groups in total. The number of rotatable bonds is 8. The number of nitrogens with zero attached hydrogens (tertiary/aromatic N) is 2. The van der Waals surface area contributed by atoms with E-state index in [-0.39, 0.29) is 41.5 Å². The van der Waals surface area contributed by atoms with Crippen LogP contribution in [0.25, 0.3) is 0 Å². The molecular weight excluding hydrogens is 446 g/mol. The van der Waals surface area contributed by atoms with Crippen molar-refractivity contribution in [2.45, 2.75) is 57.7 Å². The van der Waals surface area contributed by atoms with E-state index in [1.807, 2.05) is 13.0 Å². The van der Waals surface area contributed by atoms with Crippen LogP contribution in [0.5, 0.6) is 11.5 Å². The summed E-state index contributed by atoms with van der Waals surface area (Å²) in [5.74, 6) is -0.298. The van der Waals surface area contributed by atoms with Gasteiger partial charge in [-0.15, -0.1) is 0 Å². The molecule has 176 valence electrons. The summed E-state index contributed by atoms with van der Waals surface area (Å²) in [5.41, 5.74) is 11.9. The SMILES string of the molecule is CC[C@H](C(=O)NC1CCCC1)N(Cc1ccc2c(c1)OCO2)C(=O)c1snc(C(N)=O)c1N. The molecule has 2 heterocycles. The van der Waals surface area contributed by atoms with E-state index in [0.29, 0.717) is 17.9 Å². The summed E-state index contributed by atoms with van der Waals surface area (Å²) in [6.07, 6.45) is 4.42. The lowest BCUT2D eigenvalue weighted by Crippen LogP contribution is -2.50. The number of primary amides is 1. The number of nitrogens with two attached hydrogens (primary N) is 2. The van der Waals surface area contributed by atoms with Crippen molar-refractivity contribution in [1.29, 1.82) is 0 Å². The van der Waals surface area contributed by atoms with Crippen molar-refractivity contribution in [1.82, 2.24) is 14.6 Å². The van der Waals surface area contributed by atoms with E-state index in [0.717, 1.165) is 42.8 Å². The second-order valence-corrected chi connectivity index (χ2v) is 8.95. The van der Waals surface area contributed by atoms with Gasteiger partial charge in [0.25, 0.3) is 11.8 Å². The highest BCUT2D eigenvalue weighted by Crippen LogP contribution is 2.34. The predicted octanol–water partition coefficient (Wildman–Crippen LogP) is 2.03. The Bertz CT molecular complexity index is 1070. The van der Waals surface area contributed by atoms with Crippen molar-refractivity contribution >= 4 is 34.9 Å². The van der Waals surface area contributed by atoms with Crippen LogP contribution >= 0.6 is 11.5 Å². The molecule has 0 spiro atoms. The molecule has 1 aliphatic carbocycles. The molecule has 2 aliphatic rings. The summed E-state index contributed by atoms with van der Waals surface area (Å²) in [4.78, 5) is 40.0. The van der Waals surface area contributed by atoms with E-state index in [1.54, 1.807) is 12.1 Å². The molecule has 0 bridgehead atoms. The fourth-order valence-corrected chi connectivity index (χ4v) is 5.00. The Balaban J connectivity index is 1.65. The topological polar surface area (TPSA) is 150 Å². The molecule has 3 amide bonds. The van der Waals surface area contributed by atoms with Crippen LogP contribution in [-0.2, 0) is 11.3 Å². The minimum atomic E-state index is -0.809. The maximum atomic E-state index is 13.6. The Morgan fingerprint density at radius 1 is 1.24 bits per heavy atom. The Morgan fingerprint density at radius 2 is 1.97 bits per heavy atom. The Labute approximate surface area is 195 Å². The van der Waals surface area contributed by atoms with Crippen LogP contribution in [0.3, 0.4) is 0 Å². The number of carbonyl (C=O) groups is 3. The van der Waals surface area contributed by atoms with Gasteiger partial charge in [-0.2, -0.15) is 4.37 Å². The molecule has 33 heavy (non-hydrogen) atoms. The molecule has 10 nitrogen and oxygen atoms in total. The average molecular weight is 474 g/mol. The number of fused-ring (bicyclic) bond motifs is 1. The third-order valence-corrected chi connectivity index (χ3v) is 6.82. The van der Waals surface area contributed by atoms with E-state index >= 15 is 0 Å². The first-order valence-corrected chi connectivity index (χ1v) is 11.7. The quantitative estimate of drug-likeness (QED) is 0.531. The molecule has 0 unspecified atom stereocenters. The summed E-state index contributed by atoms with van der Waals surface area (Å²) in [7, 11) is 0. The molecular formula is C22H27N5O5S. The number of anilines is 1. The minimum Gasteiger partial charge on any atom is -0.454 e. The van der Waals surface area contributed by atoms with Gasteiger partial charge < -0.3 is 31.2 Å². The Hall–Kier alpha value is -3.34. The summed E-state index contributed by atoms with van der Waals surface area (Å²) in [6, 6.07) is 4.76. The molecule has 1 aromatic heterocycles. The zero-order valence-corrected chi connectivity index (χ0v) is 19.2. The number of amides is 3. The maximum absolute atomic E-state index is 13.6. The van der Waals surface area contributed by atoms with Crippen LogP contribution in [0.4, 0.5) is 5.69 Å². The van der Waals surface area contributed by atoms with Crippen molar-refractivity contribution in [2.75, 3.05) is 12.5 Å². The van der Waals surface area contributed by atoms with E-state index in [9.17, 15) is 14.4 Å². The molecule has 1 saturated carbocycles. The monoisotopic (exact) mass is 473 g/mol. The fourth-order valence-electron chi connectivity index (χ4n) is 4.23. The average Bonchev–Trinajstić information content (AvgIpc) is 3.53. The molecule has 2 aromatic rings. The van der Waals surface area contributed by atoms with Crippen LogP contribution in [0, 0.1) is 0 Å². The van der Waals surface area contributed by atoms with Crippen LogP contribution in [0.15, 0.2) is 18.2 Å². The zero-order valence-electron chi connectivity index (χ0n) is 18.3. The largest absolute Gasteiger partial charge is 0.454 e. The number of nitrogens with one attached hydrogen (secondary N) is 1. The van der Waals surface area contributed by atoms with Crippen LogP contribution in [-0.4, -0.2) is 45.9 Å². The number of hydrogen-bond donors (Lipinski definition) is 3. The van der Waals surface area contributed by atoms with Gasteiger partial charge in [-0.3, -0.25) is 14.4 Å². The maximum Gasteiger partial charge on any atom is 0.270 e. The van der Waals surface area contributed by atoms with Crippen molar-refractivity contribution < 1.29 is 23.9 Å². The van der Waals surface area contributed by atoms with E-state index < -0.39 is 17.9 Å². The third kappa shape index (κ3) is 4.72. The Morgan fingerprint density at radius 3 is 2.64 bits per heavy atom. The number of benzene rings is 1. The second kappa shape index (κ2) is 9.65. The highest BCUT2D eigenvalue weighted by atomic mass is 32.1. The van der Waals surface area contributed by atoms with Gasteiger partial charge in [0.1, 0.15) is 10.9 Å². The lowest BCUT2D eigenvalue weighted by atomic mass is 10.1. The number of carbonyl (C=O) groups excluding carboxylic acids is 3. The van der Waals surface area contributed by atoms with Crippen LogP contribution in [0.1, 0.15) is 64.8 Å². The molecule has 1 aromatic carbocycles. The molecule has 1 aliphatic heterocycles. The summed E-state index contributed by atoms with van der Waals surface area (Å²) in [6.45, 7) is 2.12. The first-order valence-electron chi connectivity index (χ1n) is 10.9. The van der Waals surface area contributed by atoms with Gasteiger partial charge in [-0.1, -0.05) is 25.8 Å². The molecule has 4 rings (SSSR count). The Kier molecular flexibility index (Phi) is 6.68. The van der Waals surface area contributed by atoms with E-state index in [4.69, 9.17) is 20.9 Å². The van der Waals surface area contributed by atoms with Crippen molar-refractivity contribution in [3.63, 3.8) is 0 Å². The standard InChI is InChI=1S/C22H27N5O5S/c1-2-14(21(29)25-13-5-3-4-6-13)27(10-12-7-8-15-16(9-12)32-11-31-15)22(30)19-17(23)18(20(24)28)26-33-19/h7-9,13-14H,2-6,10-11,23H2,1H3,(H2,24,28)(H,25,29)/t14-/m1/s1. The predicted molar refractivity (Wildman–Crippen MR) is 122 cm³/mol. The minimum absolute atomic E-state index is 0.0701. The van der Waals surface area contributed by atoms with Gasteiger partial charge in [0.05, 0.1) is 5.69 Å². The van der Waals surface area contributed by atoms with Crippen molar-refractivity contribution in [2.24, 2.45) is 5.73 Å². The number of aromatic nitrogens is 1. The third-order valence-electron chi connectivity index (χ3n) is 5.97. The van der Waals surface area contributed by atoms with E-state index in [1.165, 1.54) is 4.90 Å². The van der Waals surface area contributed by atoms with Gasteiger partial charge in [-0.25, -0.2) is 0 Å².